The normalized spacial score (nSPS) is 26.0. The van der Waals surface area contributed by atoms with E-state index in [1.165, 1.54) is 10.5 Å². The third-order valence-corrected chi connectivity index (χ3v) is 4.86. The van der Waals surface area contributed by atoms with Crippen LogP contribution in [0.3, 0.4) is 0 Å². The van der Waals surface area contributed by atoms with Crippen molar-refractivity contribution in [3.63, 3.8) is 0 Å². The van der Waals surface area contributed by atoms with Gasteiger partial charge in [0.2, 0.25) is 0 Å². The van der Waals surface area contributed by atoms with E-state index in [0.717, 1.165) is 6.54 Å². The minimum Gasteiger partial charge on any atom is -0.330 e. The lowest BCUT2D eigenvalue weighted by Crippen LogP contribution is -2.43. The highest BCUT2D eigenvalue weighted by Gasteiger charge is 2.47. The van der Waals surface area contributed by atoms with Crippen molar-refractivity contribution in [2.45, 2.75) is 36.2 Å². The van der Waals surface area contributed by atoms with Gasteiger partial charge in [-0.3, -0.25) is 0 Å². The molecular formula is C12H14N2OS. The highest BCUT2D eigenvalue weighted by Crippen LogP contribution is 2.42. The molecule has 2 amide bonds. The van der Waals surface area contributed by atoms with Crippen molar-refractivity contribution in [1.82, 2.24) is 10.2 Å². The molecule has 84 valence electrons. The fourth-order valence-electron chi connectivity index (χ4n) is 2.32. The van der Waals surface area contributed by atoms with Gasteiger partial charge >= 0.3 is 6.03 Å². The summed E-state index contributed by atoms with van der Waals surface area (Å²) in [4.78, 5) is 15.1. The van der Waals surface area contributed by atoms with E-state index >= 15 is 0 Å². The maximum Gasteiger partial charge on any atom is 0.319 e. The number of urea groups is 1. The molecular weight excluding hydrogens is 220 g/mol. The minimum absolute atomic E-state index is 0.0528. The second-order valence-electron chi connectivity index (χ2n) is 4.86. The molecule has 1 saturated heterocycles. The number of amides is 2. The molecule has 0 aromatic heterocycles. The molecule has 3 rings (SSSR count). The second-order valence-corrected chi connectivity index (χ2v) is 5.98. The van der Waals surface area contributed by atoms with Crippen molar-refractivity contribution in [3.05, 3.63) is 29.8 Å². The van der Waals surface area contributed by atoms with Crippen LogP contribution in [0.5, 0.6) is 0 Å². The molecule has 1 fully saturated rings. The van der Waals surface area contributed by atoms with E-state index < -0.39 is 0 Å². The van der Waals surface area contributed by atoms with Crippen molar-refractivity contribution in [1.29, 1.82) is 0 Å². The Labute approximate surface area is 99.2 Å². The van der Waals surface area contributed by atoms with E-state index in [0.29, 0.717) is 0 Å². The Morgan fingerprint density at radius 3 is 3.00 bits per heavy atom. The second kappa shape index (κ2) is 3.17. The number of benzene rings is 1. The third kappa shape index (κ3) is 1.33. The van der Waals surface area contributed by atoms with Gasteiger partial charge in [0, 0.05) is 11.4 Å². The third-order valence-electron chi connectivity index (χ3n) is 3.14. The predicted molar refractivity (Wildman–Crippen MR) is 64.2 cm³/mol. The molecule has 2 heterocycles. The molecule has 0 radical (unpaired) electrons. The number of thioether (sulfide) groups is 1. The lowest BCUT2D eigenvalue weighted by Gasteiger charge is -2.34. The van der Waals surface area contributed by atoms with Crippen LogP contribution in [0.4, 0.5) is 4.79 Å². The number of fused-ring (bicyclic) bond motifs is 2. The van der Waals surface area contributed by atoms with Crippen molar-refractivity contribution in [2.75, 3.05) is 0 Å². The van der Waals surface area contributed by atoms with Crippen molar-refractivity contribution in [2.24, 2.45) is 0 Å². The molecule has 1 N–H and O–H groups in total. The monoisotopic (exact) mass is 234 g/mol. The summed E-state index contributed by atoms with van der Waals surface area (Å²) >= 11 is 1.78. The first kappa shape index (κ1) is 10.0. The molecule has 2 aliphatic heterocycles. The first-order valence-corrected chi connectivity index (χ1v) is 6.29. The number of hydrogen-bond donors (Lipinski definition) is 1. The molecule has 0 bridgehead atoms. The molecule has 0 saturated carbocycles. The standard InChI is InChI=1S/C12H14N2OS/c1-12(2)10-14(11(15)13-12)7-8-5-3-4-6-9(8)16-10/h3-6,10H,7H2,1-2H3,(H,13,15). The fraction of sp³-hybridized carbons (Fsp3) is 0.417. The SMILES string of the molecule is CC1(C)NC(=O)N2Cc3ccccc3SC21. The Morgan fingerprint density at radius 1 is 1.44 bits per heavy atom. The van der Waals surface area contributed by atoms with Gasteiger partial charge in [-0.1, -0.05) is 30.0 Å². The molecule has 16 heavy (non-hydrogen) atoms. The van der Waals surface area contributed by atoms with Crippen LogP contribution in [0, 0.1) is 0 Å². The summed E-state index contributed by atoms with van der Waals surface area (Å²) in [5.74, 6) is 0. The zero-order valence-corrected chi connectivity index (χ0v) is 10.2. The van der Waals surface area contributed by atoms with E-state index in [1.807, 2.05) is 11.0 Å². The highest BCUT2D eigenvalue weighted by molar-refractivity contribution is 8.00. The average Bonchev–Trinajstić information content (AvgIpc) is 2.47. The Morgan fingerprint density at radius 2 is 2.19 bits per heavy atom. The van der Waals surface area contributed by atoms with Crippen molar-refractivity contribution < 1.29 is 4.79 Å². The van der Waals surface area contributed by atoms with Crippen LogP contribution in [0.25, 0.3) is 0 Å². The molecule has 1 aromatic rings. The van der Waals surface area contributed by atoms with E-state index in [-0.39, 0.29) is 16.9 Å². The average molecular weight is 234 g/mol. The molecule has 0 aliphatic carbocycles. The summed E-state index contributed by atoms with van der Waals surface area (Å²) in [6.45, 7) is 4.89. The van der Waals surface area contributed by atoms with Crippen LogP contribution >= 0.6 is 11.8 Å². The quantitative estimate of drug-likeness (QED) is 0.747. The number of hydrogen-bond acceptors (Lipinski definition) is 2. The van der Waals surface area contributed by atoms with Gasteiger partial charge in [0.25, 0.3) is 0 Å². The van der Waals surface area contributed by atoms with Gasteiger partial charge in [-0.15, -0.1) is 0 Å². The first-order valence-electron chi connectivity index (χ1n) is 5.41. The predicted octanol–water partition coefficient (Wildman–Crippen LogP) is 2.42. The number of rotatable bonds is 0. The van der Waals surface area contributed by atoms with Gasteiger partial charge in [-0.05, 0) is 25.5 Å². The maximum atomic E-state index is 11.8. The van der Waals surface area contributed by atoms with Gasteiger partial charge in [0.15, 0.2) is 0 Å². The fourth-order valence-corrected chi connectivity index (χ4v) is 3.66. The molecule has 1 unspecified atom stereocenters. The summed E-state index contributed by atoms with van der Waals surface area (Å²) in [5, 5.41) is 3.24. The zero-order valence-electron chi connectivity index (χ0n) is 9.36. The van der Waals surface area contributed by atoms with E-state index in [2.05, 4.69) is 37.4 Å². The Hall–Kier alpha value is -1.16. The molecule has 1 atom stereocenters. The highest BCUT2D eigenvalue weighted by atomic mass is 32.2. The number of carbonyl (C=O) groups excluding carboxylic acids is 1. The number of nitrogens with zero attached hydrogens (tertiary/aromatic N) is 1. The van der Waals surface area contributed by atoms with Crippen LogP contribution in [-0.2, 0) is 6.54 Å². The van der Waals surface area contributed by atoms with Crippen LogP contribution in [0.2, 0.25) is 0 Å². The van der Waals surface area contributed by atoms with Crippen molar-refractivity contribution in [3.8, 4) is 0 Å². The molecule has 4 heteroatoms. The number of carbonyl (C=O) groups is 1. The summed E-state index contributed by atoms with van der Waals surface area (Å²) in [6.07, 6.45) is 0. The zero-order chi connectivity index (χ0) is 11.3. The van der Waals surface area contributed by atoms with Crippen LogP contribution in [0.1, 0.15) is 19.4 Å². The van der Waals surface area contributed by atoms with E-state index in [1.54, 1.807) is 11.8 Å². The summed E-state index contributed by atoms with van der Waals surface area (Å²) in [5.41, 5.74) is 1.09. The van der Waals surface area contributed by atoms with E-state index in [4.69, 9.17) is 0 Å². The topological polar surface area (TPSA) is 32.3 Å². The van der Waals surface area contributed by atoms with Gasteiger partial charge in [-0.2, -0.15) is 0 Å². The van der Waals surface area contributed by atoms with Gasteiger partial charge < -0.3 is 10.2 Å². The molecule has 1 aromatic carbocycles. The Bertz CT molecular complexity index is 458. The van der Waals surface area contributed by atoms with Crippen LogP contribution < -0.4 is 5.32 Å². The first-order chi connectivity index (χ1) is 7.58. The lowest BCUT2D eigenvalue weighted by molar-refractivity contribution is 0.210. The van der Waals surface area contributed by atoms with E-state index in [9.17, 15) is 4.79 Å². The van der Waals surface area contributed by atoms with Crippen LogP contribution in [-0.4, -0.2) is 21.8 Å². The smallest absolute Gasteiger partial charge is 0.319 e. The summed E-state index contributed by atoms with van der Waals surface area (Å²) in [6, 6.07) is 8.36. The van der Waals surface area contributed by atoms with Crippen molar-refractivity contribution >= 4 is 17.8 Å². The molecule has 0 spiro atoms. The van der Waals surface area contributed by atoms with Gasteiger partial charge in [0.05, 0.1) is 5.54 Å². The summed E-state index contributed by atoms with van der Waals surface area (Å²) in [7, 11) is 0. The number of nitrogens with one attached hydrogen (secondary N) is 1. The molecule has 2 aliphatic rings. The summed E-state index contributed by atoms with van der Waals surface area (Å²) < 4.78 is 0. The largest absolute Gasteiger partial charge is 0.330 e. The van der Waals surface area contributed by atoms with Gasteiger partial charge in [-0.25, -0.2) is 4.79 Å². The lowest BCUT2D eigenvalue weighted by atomic mass is 10.1. The minimum atomic E-state index is -0.157. The molecule has 3 nitrogen and oxygen atoms in total. The van der Waals surface area contributed by atoms with Crippen LogP contribution in [0.15, 0.2) is 29.2 Å². The maximum absolute atomic E-state index is 11.8. The van der Waals surface area contributed by atoms with Gasteiger partial charge in [0.1, 0.15) is 5.37 Å². The Kier molecular flexibility index (Phi) is 1.98. The Balaban J connectivity index is 2.02.